The molecule has 0 aliphatic carbocycles. The molecule has 0 spiro atoms. The highest BCUT2D eigenvalue weighted by Gasteiger charge is 2.27. The van der Waals surface area contributed by atoms with E-state index in [9.17, 15) is 4.79 Å². The first-order chi connectivity index (χ1) is 10.3. The molecule has 1 atom stereocenters. The predicted octanol–water partition coefficient (Wildman–Crippen LogP) is 2.15. The molecule has 1 aromatic rings. The van der Waals surface area contributed by atoms with Gasteiger partial charge in [-0.2, -0.15) is 0 Å². The average Bonchev–Trinajstić information content (AvgIpc) is 2.54. The summed E-state index contributed by atoms with van der Waals surface area (Å²) < 4.78 is 10.9. The normalized spacial score (nSPS) is 18.5. The molecule has 1 aliphatic rings. The molecular weight excluding hydrogens is 268 g/mol. The van der Waals surface area contributed by atoms with E-state index in [1.807, 2.05) is 30.3 Å². The minimum Gasteiger partial charge on any atom is -0.445 e. The molecule has 1 amide bonds. The summed E-state index contributed by atoms with van der Waals surface area (Å²) in [6.45, 7) is 2.63. The minimum atomic E-state index is -0.250. The average molecular weight is 292 g/mol. The summed E-state index contributed by atoms with van der Waals surface area (Å²) in [6, 6.07) is 9.83. The molecule has 5 nitrogen and oxygen atoms in total. The molecule has 0 bridgehead atoms. The molecule has 2 rings (SSSR count). The largest absolute Gasteiger partial charge is 0.445 e. The number of hydrogen-bond acceptors (Lipinski definition) is 4. The SMILES string of the molecule is NCCOCC1CCCCN1C(=O)OCc1ccccc1. The molecule has 1 unspecified atom stereocenters. The van der Waals surface area contributed by atoms with Crippen molar-refractivity contribution in [2.45, 2.75) is 31.9 Å². The lowest BCUT2D eigenvalue weighted by Gasteiger charge is -2.34. The third kappa shape index (κ3) is 5.02. The van der Waals surface area contributed by atoms with E-state index in [4.69, 9.17) is 15.2 Å². The lowest BCUT2D eigenvalue weighted by atomic mass is 10.0. The fourth-order valence-corrected chi connectivity index (χ4v) is 2.52. The fraction of sp³-hybridized carbons (Fsp3) is 0.562. The van der Waals surface area contributed by atoms with E-state index >= 15 is 0 Å². The molecule has 2 N–H and O–H groups in total. The second-order valence-corrected chi connectivity index (χ2v) is 5.25. The summed E-state index contributed by atoms with van der Waals surface area (Å²) in [5.74, 6) is 0. The van der Waals surface area contributed by atoms with Crippen LogP contribution in [0.15, 0.2) is 30.3 Å². The zero-order valence-electron chi connectivity index (χ0n) is 12.4. The van der Waals surface area contributed by atoms with Crippen LogP contribution in [0.4, 0.5) is 4.79 Å². The summed E-state index contributed by atoms with van der Waals surface area (Å²) in [4.78, 5) is 14.0. The summed E-state index contributed by atoms with van der Waals surface area (Å²) in [7, 11) is 0. The Bertz CT molecular complexity index is 425. The number of likely N-dealkylation sites (tertiary alicyclic amines) is 1. The Balaban J connectivity index is 1.83. The van der Waals surface area contributed by atoms with Crippen LogP contribution < -0.4 is 5.73 Å². The summed E-state index contributed by atoms with van der Waals surface area (Å²) in [5.41, 5.74) is 6.42. The van der Waals surface area contributed by atoms with Crippen molar-refractivity contribution >= 4 is 6.09 Å². The van der Waals surface area contributed by atoms with Crippen LogP contribution in [0, 0.1) is 0 Å². The number of piperidine rings is 1. The van der Waals surface area contributed by atoms with E-state index in [-0.39, 0.29) is 12.1 Å². The van der Waals surface area contributed by atoms with Crippen molar-refractivity contribution in [3.63, 3.8) is 0 Å². The van der Waals surface area contributed by atoms with Crippen LogP contribution in [0.3, 0.4) is 0 Å². The fourth-order valence-electron chi connectivity index (χ4n) is 2.52. The van der Waals surface area contributed by atoms with Crippen LogP contribution in [-0.2, 0) is 16.1 Å². The van der Waals surface area contributed by atoms with Crippen LogP contribution >= 0.6 is 0 Å². The molecule has 1 aromatic carbocycles. The Morgan fingerprint density at radius 3 is 2.86 bits per heavy atom. The van der Waals surface area contributed by atoms with Gasteiger partial charge in [-0.05, 0) is 24.8 Å². The zero-order valence-corrected chi connectivity index (χ0v) is 12.4. The van der Waals surface area contributed by atoms with Gasteiger partial charge in [0.2, 0.25) is 0 Å². The van der Waals surface area contributed by atoms with E-state index < -0.39 is 0 Å². The lowest BCUT2D eigenvalue weighted by Crippen LogP contribution is -2.46. The Labute approximate surface area is 126 Å². The van der Waals surface area contributed by atoms with Gasteiger partial charge < -0.3 is 20.1 Å². The van der Waals surface area contributed by atoms with E-state index in [0.717, 1.165) is 31.4 Å². The maximum absolute atomic E-state index is 12.2. The lowest BCUT2D eigenvalue weighted by molar-refractivity contribution is 0.0279. The minimum absolute atomic E-state index is 0.105. The van der Waals surface area contributed by atoms with Crippen molar-refractivity contribution in [1.29, 1.82) is 0 Å². The van der Waals surface area contributed by atoms with Crippen LogP contribution in [0.1, 0.15) is 24.8 Å². The van der Waals surface area contributed by atoms with Gasteiger partial charge in [-0.15, -0.1) is 0 Å². The quantitative estimate of drug-likeness (QED) is 0.816. The first-order valence-electron chi connectivity index (χ1n) is 7.56. The number of hydrogen-bond donors (Lipinski definition) is 1. The first kappa shape index (κ1) is 15.8. The molecule has 0 aromatic heterocycles. The van der Waals surface area contributed by atoms with Crippen molar-refractivity contribution in [2.24, 2.45) is 5.73 Å². The standard InChI is InChI=1S/C16H24N2O3/c17-9-11-20-13-15-8-4-5-10-18(15)16(19)21-12-14-6-2-1-3-7-14/h1-3,6-7,15H,4-5,8-13,17H2. The predicted molar refractivity (Wildman–Crippen MR) is 80.8 cm³/mol. The van der Waals surface area contributed by atoms with Crippen molar-refractivity contribution in [1.82, 2.24) is 4.90 Å². The van der Waals surface area contributed by atoms with Crippen LogP contribution in [0.5, 0.6) is 0 Å². The Morgan fingerprint density at radius 1 is 1.29 bits per heavy atom. The summed E-state index contributed by atoms with van der Waals surface area (Å²) >= 11 is 0. The number of nitrogens with zero attached hydrogens (tertiary/aromatic N) is 1. The van der Waals surface area contributed by atoms with Crippen molar-refractivity contribution in [3.8, 4) is 0 Å². The third-order valence-corrected chi connectivity index (χ3v) is 3.64. The number of ether oxygens (including phenoxy) is 2. The summed E-state index contributed by atoms with van der Waals surface area (Å²) in [6.07, 6.45) is 2.86. The molecule has 1 aliphatic heterocycles. The molecule has 0 saturated carbocycles. The second-order valence-electron chi connectivity index (χ2n) is 5.25. The summed E-state index contributed by atoms with van der Waals surface area (Å²) in [5, 5.41) is 0. The molecule has 21 heavy (non-hydrogen) atoms. The molecule has 1 fully saturated rings. The monoisotopic (exact) mass is 292 g/mol. The number of nitrogens with two attached hydrogens (primary N) is 1. The highest BCUT2D eigenvalue weighted by molar-refractivity contribution is 5.68. The molecule has 5 heteroatoms. The van der Waals surface area contributed by atoms with Gasteiger partial charge in [0.05, 0.1) is 19.3 Å². The van der Waals surface area contributed by atoms with Gasteiger partial charge in [0.1, 0.15) is 6.61 Å². The number of carbonyl (C=O) groups excluding carboxylic acids is 1. The van der Waals surface area contributed by atoms with Gasteiger partial charge in [-0.3, -0.25) is 0 Å². The van der Waals surface area contributed by atoms with E-state index in [1.165, 1.54) is 0 Å². The van der Waals surface area contributed by atoms with Crippen LogP contribution in [0.25, 0.3) is 0 Å². The zero-order chi connectivity index (χ0) is 14.9. The Hall–Kier alpha value is -1.59. The number of amides is 1. The molecule has 1 saturated heterocycles. The number of benzene rings is 1. The molecular formula is C16H24N2O3. The topological polar surface area (TPSA) is 64.8 Å². The molecule has 1 heterocycles. The first-order valence-corrected chi connectivity index (χ1v) is 7.56. The number of carbonyl (C=O) groups is 1. The Kier molecular flexibility index (Phi) is 6.50. The maximum atomic E-state index is 12.2. The maximum Gasteiger partial charge on any atom is 0.410 e. The van der Waals surface area contributed by atoms with Crippen LogP contribution in [-0.4, -0.2) is 43.3 Å². The van der Waals surface area contributed by atoms with Gasteiger partial charge in [0.25, 0.3) is 0 Å². The van der Waals surface area contributed by atoms with E-state index in [1.54, 1.807) is 4.90 Å². The van der Waals surface area contributed by atoms with Gasteiger partial charge in [-0.25, -0.2) is 4.79 Å². The third-order valence-electron chi connectivity index (χ3n) is 3.64. The molecule has 0 radical (unpaired) electrons. The van der Waals surface area contributed by atoms with Gasteiger partial charge in [0.15, 0.2) is 0 Å². The second kappa shape index (κ2) is 8.64. The van der Waals surface area contributed by atoms with Crippen LogP contribution in [0.2, 0.25) is 0 Å². The van der Waals surface area contributed by atoms with Crippen molar-refractivity contribution in [3.05, 3.63) is 35.9 Å². The van der Waals surface area contributed by atoms with E-state index in [2.05, 4.69) is 0 Å². The van der Waals surface area contributed by atoms with Gasteiger partial charge in [0, 0.05) is 13.1 Å². The molecule has 116 valence electrons. The smallest absolute Gasteiger partial charge is 0.410 e. The Morgan fingerprint density at radius 2 is 2.10 bits per heavy atom. The van der Waals surface area contributed by atoms with E-state index in [0.29, 0.717) is 26.4 Å². The number of rotatable bonds is 6. The van der Waals surface area contributed by atoms with Gasteiger partial charge >= 0.3 is 6.09 Å². The highest BCUT2D eigenvalue weighted by atomic mass is 16.6. The highest BCUT2D eigenvalue weighted by Crippen LogP contribution is 2.18. The van der Waals surface area contributed by atoms with Crippen molar-refractivity contribution < 1.29 is 14.3 Å². The van der Waals surface area contributed by atoms with Crippen molar-refractivity contribution in [2.75, 3.05) is 26.3 Å². The van der Waals surface area contributed by atoms with Gasteiger partial charge in [-0.1, -0.05) is 30.3 Å².